The predicted molar refractivity (Wildman–Crippen MR) is 84.4 cm³/mol. The normalized spacial score (nSPS) is 20.2. The average Bonchev–Trinajstić information content (AvgIpc) is 3.00. The number of carbonyl (C=O) groups excluding carboxylic acids is 3. The SMILES string of the molecule is CCOC(=O)[C@H]1CC[C@@H](C(=O)OCC)N1c1ccc(C=O)cc1. The Balaban J connectivity index is 2.31. The van der Waals surface area contributed by atoms with Crippen LogP contribution in [0.3, 0.4) is 0 Å². The number of nitrogens with zero attached hydrogens (tertiary/aromatic N) is 1. The van der Waals surface area contributed by atoms with Crippen molar-refractivity contribution in [3.63, 3.8) is 0 Å². The van der Waals surface area contributed by atoms with E-state index in [9.17, 15) is 14.4 Å². The smallest absolute Gasteiger partial charge is 0.328 e. The summed E-state index contributed by atoms with van der Waals surface area (Å²) in [6.07, 6.45) is 1.80. The van der Waals surface area contributed by atoms with Crippen LogP contribution in [-0.2, 0) is 19.1 Å². The van der Waals surface area contributed by atoms with Crippen molar-refractivity contribution in [1.82, 2.24) is 0 Å². The summed E-state index contributed by atoms with van der Waals surface area (Å²) in [5.41, 5.74) is 1.23. The summed E-state index contributed by atoms with van der Waals surface area (Å²) in [4.78, 5) is 36.9. The molecule has 124 valence electrons. The van der Waals surface area contributed by atoms with Crippen LogP contribution >= 0.6 is 0 Å². The second-order valence-corrected chi connectivity index (χ2v) is 5.23. The maximum atomic E-state index is 12.2. The Hall–Kier alpha value is -2.37. The quantitative estimate of drug-likeness (QED) is 0.589. The zero-order valence-corrected chi connectivity index (χ0v) is 13.4. The Bertz CT molecular complexity index is 543. The van der Waals surface area contributed by atoms with Crippen molar-refractivity contribution >= 4 is 23.9 Å². The van der Waals surface area contributed by atoms with E-state index in [4.69, 9.17) is 9.47 Å². The molecule has 0 aliphatic carbocycles. The first-order chi connectivity index (χ1) is 11.1. The molecule has 2 rings (SSSR count). The molecule has 0 bridgehead atoms. The molecule has 1 fully saturated rings. The average molecular weight is 319 g/mol. The van der Waals surface area contributed by atoms with Gasteiger partial charge in [0, 0.05) is 11.3 Å². The van der Waals surface area contributed by atoms with Crippen LogP contribution in [0.5, 0.6) is 0 Å². The number of hydrogen-bond donors (Lipinski definition) is 0. The third-order valence-electron chi connectivity index (χ3n) is 3.83. The Labute approximate surface area is 135 Å². The Morgan fingerprint density at radius 1 is 1.04 bits per heavy atom. The van der Waals surface area contributed by atoms with Crippen molar-refractivity contribution < 1.29 is 23.9 Å². The van der Waals surface area contributed by atoms with Crippen molar-refractivity contribution in [2.24, 2.45) is 0 Å². The standard InChI is InChI=1S/C17H21NO5/c1-3-22-16(20)14-9-10-15(17(21)23-4-2)18(14)13-7-5-12(11-19)6-8-13/h5-8,11,14-15H,3-4,9-10H2,1-2H3/t14-,15+. The van der Waals surface area contributed by atoms with Crippen LogP contribution in [0.25, 0.3) is 0 Å². The number of esters is 2. The molecular formula is C17H21NO5. The fourth-order valence-corrected chi connectivity index (χ4v) is 2.84. The van der Waals surface area contributed by atoms with Gasteiger partial charge >= 0.3 is 11.9 Å². The van der Waals surface area contributed by atoms with Crippen molar-refractivity contribution in [3.05, 3.63) is 29.8 Å². The second-order valence-electron chi connectivity index (χ2n) is 5.23. The first kappa shape index (κ1) is 17.0. The molecule has 6 nitrogen and oxygen atoms in total. The minimum absolute atomic E-state index is 0.289. The first-order valence-electron chi connectivity index (χ1n) is 7.79. The van der Waals surface area contributed by atoms with Gasteiger partial charge in [-0.2, -0.15) is 0 Å². The fourth-order valence-electron chi connectivity index (χ4n) is 2.84. The Morgan fingerprint density at radius 2 is 1.52 bits per heavy atom. The van der Waals surface area contributed by atoms with E-state index in [0.29, 0.717) is 24.1 Å². The molecule has 0 aromatic heterocycles. The highest BCUT2D eigenvalue weighted by molar-refractivity contribution is 5.88. The van der Waals surface area contributed by atoms with E-state index in [1.165, 1.54) is 0 Å². The number of hydrogen-bond acceptors (Lipinski definition) is 6. The van der Waals surface area contributed by atoms with Crippen molar-refractivity contribution in [2.75, 3.05) is 18.1 Å². The summed E-state index contributed by atoms with van der Waals surface area (Å²) in [5.74, 6) is -0.697. The highest BCUT2D eigenvalue weighted by atomic mass is 16.5. The lowest BCUT2D eigenvalue weighted by molar-refractivity contribution is -0.145. The predicted octanol–water partition coefficient (Wildman–Crippen LogP) is 1.96. The van der Waals surface area contributed by atoms with E-state index in [-0.39, 0.29) is 25.2 Å². The molecule has 0 spiro atoms. The van der Waals surface area contributed by atoms with Gasteiger partial charge in [0.15, 0.2) is 0 Å². The summed E-state index contributed by atoms with van der Waals surface area (Å²) in [6, 6.07) is 5.73. The molecule has 1 aliphatic heterocycles. The fraction of sp³-hybridized carbons (Fsp3) is 0.471. The molecule has 0 radical (unpaired) electrons. The van der Waals surface area contributed by atoms with Gasteiger partial charge in [0.25, 0.3) is 0 Å². The summed E-state index contributed by atoms with van der Waals surface area (Å²) in [5, 5.41) is 0. The van der Waals surface area contributed by atoms with Crippen molar-refractivity contribution in [2.45, 2.75) is 38.8 Å². The number of anilines is 1. The van der Waals surface area contributed by atoms with Gasteiger partial charge in [0.2, 0.25) is 0 Å². The highest BCUT2D eigenvalue weighted by Gasteiger charge is 2.43. The molecule has 2 atom stereocenters. The molecule has 0 unspecified atom stereocenters. The third kappa shape index (κ3) is 3.70. The van der Waals surface area contributed by atoms with Crippen molar-refractivity contribution in [1.29, 1.82) is 0 Å². The van der Waals surface area contributed by atoms with Gasteiger partial charge in [-0.25, -0.2) is 9.59 Å². The monoisotopic (exact) mass is 319 g/mol. The molecule has 0 amide bonds. The molecule has 1 aromatic rings. The number of ether oxygens (including phenoxy) is 2. The summed E-state index contributed by atoms with van der Waals surface area (Å²) >= 11 is 0. The maximum absolute atomic E-state index is 12.2. The zero-order valence-electron chi connectivity index (χ0n) is 13.4. The van der Waals surface area contributed by atoms with E-state index in [0.717, 1.165) is 6.29 Å². The molecule has 1 saturated heterocycles. The van der Waals surface area contributed by atoms with Gasteiger partial charge in [-0.15, -0.1) is 0 Å². The molecule has 1 aliphatic rings. The van der Waals surface area contributed by atoms with E-state index in [2.05, 4.69) is 0 Å². The first-order valence-corrected chi connectivity index (χ1v) is 7.79. The molecule has 0 N–H and O–H groups in total. The number of aldehydes is 1. The van der Waals surface area contributed by atoms with Gasteiger partial charge in [0.1, 0.15) is 18.4 Å². The third-order valence-corrected chi connectivity index (χ3v) is 3.83. The summed E-state index contributed by atoms with van der Waals surface area (Å²) < 4.78 is 10.2. The number of benzene rings is 1. The van der Waals surface area contributed by atoms with Crippen LogP contribution in [0.4, 0.5) is 5.69 Å². The van der Waals surface area contributed by atoms with E-state index in [1.807, 2.05) is 0 Å². The summed E-state index contributed by atoms with van der Waals surface area (Å²) in [6.45, 7) is 4.08. The zero-order chi connectivity index (χ0) is 16.8. The number of rotatable bonds is 6. The summed E-state index contributed by atoms with van der Waals surface area (Å²) in [7, 11) is 0. The Kier molecular flexibility index (Phi) is 5.73. The van der Waals surface area contributed by atoms with Crippen LogP contribution in [0.15, 0.2) is 24.3 Å². The van der Waals surface area contributed by atoms with Gasteiger partial charge in [0.05, 0.1) is 13.2 Å². The van der Waals surface area contributed by atoms with Crippen LogP contribution < -0.4 is 4.90 Å². The van der Waals surface area contributed by atoms with Gasteiger partial charge in [-0.1, -0.05) is 0 Å². The lowest BCUT2D eigenvalue weighted by Gasteiger charge is -2.30. The molecule has 23 heavy (non-hydrogen) atoms. The second kappa shape index (κ2) is 7.76. The Morgan fingerprint density at radius 3 is 1.91 bits per heavy atom. The molecule has 1 aromatic carbocycles. The van der Waals surface area contributed by atoms with Crippen molar-refractivity contribution in [3.8, 4) is 0 Å². The van der Waals surface area contributed by atoms with Crippen LogP contribution in [0, 0.1) is 0 Å². The van der Waals surface area contributed by atoms with Gasteiger partial charge in [-0.3, -0.25) is 4.79 Å². The van der Waals surface area contributed by atoms with Crippen LogP contribution in [0.2, 0.25) is 0 Å². The van der Waals surface area contributed by atoms with E-state index in [1.54, 1.807) is 43.0 Å². The topological polar surface area (TPSA) is 72.9 Å². The van der Waals surface area contributed by atoms with E-state index < -0.39 is 12.1 Å². The minimum Gasteiger partial charge on any atom is -0.464 e. The van der Waals surface area contributed by atoms with Crippen LogP contribution in [-0.4, -0.2) is 43.5 Å². The molecule has 6 heteroatoms. The van der Waals surface area contributed by atoms with Crippen LogP contribution in [0.1, 0.15) is 37.0 Å². The molecule has 1 heterocycles. The van der Waals surface area contributed by atoms with Gasteiger partial charge in [-0.05, 0) is 51.0 Å². The lowest BCUT2D eigenvalue weighted by Crippen LogP contribution is -2.45. The number of carbonyl (C=O) groups is 3. The van der Waals surface area contributed by atoms with E-state index >= 15 is 0 Å². The maximum Gasteiger partial charge on any atom is 0.328 e. The molecular weight excluding hydrogens is 298 g/mol. The highest BCUT2D eigenvalue weighted by Crippen LogP contribution is 2.32. The molecule has 0 saturated carbocycles. The lowest BCUT2D eigenvalue weighted by atomic mass is 10.1. The largest absolute Gasteiger partial charge is 0.464 e. The minimum atomic E-state index is -0.522. The van der Waals surface area contributed by atoms with Gasteiger partial charge < -0.3 is 14.4 Å².